The molecule has 1 heteroatoms. The van der Waals surface area contributed by atoms with Gasteiger partial charge in [-0.15, -0.1) is 0 Å². The number of rotatable bonds is 7. The van der Waals surface area contributed by atoms with Crippen molar-refractivity contribution >= 4 is 0 Å². The summed E-state index contributed by atoms with van der Waals surface area (Å²) in [6.07, 6.45) is 8.48. The molecule has 0 aromatic carbocycles. The lowest BCUT2D eigenvalue weighted by Crippen LogP contribution is -2.47. The summed E-state index contributed by atoms with van der Waals surface area (Å²) in [5, 5.41) is 3.55. The van der Waals surface area contributed by atoms with Gasteiger partial charge in [-0.2, -0.15) is 0 Å². The standard InChI is InChI=1S/C18H37N/c1-7-9-11-17-16(10-8-2)12-13(3)14(4)18(17)15(5)19-6/h13-19H,7-12H2,1-6H3. The molecule has 1 nitrogen and oxygen atoms in total. The molecule has 1 fully saturated rings. The highest BCUT2D eigenvalue weighted by Crippen LogP contribution is 2.47. The van der Waals surface area contributed by atoms with Gasteiger partial charge in [-0.05, 0) is 56.4 Å². The molecule has 6 unspecified atom stereocenters. The lowest BCUT2D eigenvalue weighted by Gasteiger charge is -2.48. The average molecular weight is 268 g/mol. The predicted octanol–water partition coefficient (Wildman–Crippen LogP) is 5.11. The van der Waals surface area contributed by atoms with Gasteiger partial charge in [0.15, 0.2) is 0 Å². The first-order valence-corrected chi connectivity index (χ1v) is 8.73. The first kappa shape index (κ1) is 17.0. The Kier molecular flexibility index (Phi) is 7.42. The normalized spacial score (nSPS) is 37.3. The molecule has 19 heavy (non-hydrogen) atoms. The quantitative estimate of drug-likeness (QED) is 0.676. The molecule has 0 bridgehead atoms. The maximum absolute atomic E-state index is 3.55. The Hall–Kier alpha value is -0.0400. The van der Waals surface area contributed by atoms with E-state index in [9.17, 15) is 0 Å². The zero-order valence-corrected chi connectivity index (χ0v) is 14.2. The molecule has 0 saturated heterocycles. The van der Waals surface area contributed by atoms with Crippen LogP contribution in [0.5, 0.6) is 0 Å². The van der Waals surface area contributed by atoms with Gasteiger partial charge >= 0.3 is 0 Å². The summed E-state index contributed by atoms with van der Waals surface area (Å²) < 4.78 is 0. The molecule has 0 aromatic rings. The Morgan fingerprint density at radius 3 is 2.32 bits per heavy atom. The summed E-state index contributed by atoms with van der Waals surface area (Å²) in [6.45, 7) is 12.1. The number of hydrogen-bond donors (Lipinski definition) is 1. The predicted molar refractivity (Wildman–Crippen MR) is 86.4 cm³/mol. The maximum Gasteiger partial charge on any atom is 0.00693 e. The van der Waals surface area contributed by atoms with E-state index in [4.69, 9.17) is 0 Å². The zero-order chi connectivity index (χ0) is 14.4. The number of nitrogens with one attached hydrogen (secondary N) is 1. The smallest absolute Gasteiger partial charge is 0.00693 e. The summed E-state index contributed by atoms with van der Waals surface area (Å²) in [4.78, 5) is 0. The van der Waals surface area contributed by atoms with E-state index in [1.54, 1.807) is 0 Å². The van der Waals surface area contributed by atoms with Crippen LogP contribution in [0, 0.1) is 29.6 Å². The zero-order valence-electron chi connectivity index (χ0n) is 14.2. The molecule has 0 radical (unpaired) electrons. The fourth-order valence-electron chi connectivity index (χ4n) is 4.54. The van der Waals surface area contributed by atoms with Crippen LogP contribution in [0.2, 0.25) is 0 Å². The fraction of sp³-hybridized carbons (Fsp3) is 1.00. The van der Waals surface area contributed by atoms with E-state index in [1.165, 1.54) is 38.5 Å². The summed E-state index contributed by atoms with van der Waals surface area (Å²) in [7, 11) is 2.14. The molecular formula is C18H37N. The van der Waals surface area contributed by atoms with E-state index in [0.29, 0.717) is 6.04 Å². The van der Waals surface area contributed by atoms with Gasteiger partial charge in [0.25, 0.3) is 0 Å². The van der Waals surface area contributed by atoms with E-state index in [1.807, 2.05) is 0 Å². The van der Waals surface area contributed by atoms with Gasteiger partial charge in [0.05, 0.1) is 0 Å². The van der Waals surface area contributed by atoms with Crippen molar-refractivity contribution in [2.75, 3.05) is 7.05 Å². The minimum atomic E-state index is 0.666. The third-order valence-corrected chi connectivity index (χ3v) is 5.86. The van der Waals surface area contributed by atoms with Crippen LogP contribution in [-0.4, -0.2) is 13.1 Å². The molecule has 1 aliphatic rings. The van der Waals surface area contributed by atoms with Gasteiger partial charge in [0.2, 0.25) is 0 Å². The Bertz CT molecular complexity index is 238. The number of unbranched alkanes of at least 4 members (excludes halogenated alkanes) is 1. The molecule has 114 valence electrons. The topological polar surface area (TPSA) is 12.0 Å². The molecule has 0 heterocycles. The summed E-state index contributed by atoms with van der Waals surface area (Å²) >= 11 is 0. The van der Waals surface area contributed by atoms with Crippen molar-refractivity contribution in [1.82, 2.24) is 5.32 Å². The summed E-state index contributed by atoms with van der Waals surface area (Å²) in [5.74, 6) is 4.57. The lowest BCUT2D eigenvalue weighted by atomic mass is 9.59. The fourth-order valence-corrected chi connectivity index (χ4v) is 4.54. The second kappa shape index (κ2) is 8.29. The van der Waals surface area contributed by atoms with Gasteiger partial charge in [-0.1, -0.05) is 53.4 Å². The van der Waals surface area contributed by atoms with Crippen molar-refractivity contribution in [1.29, 1.82) is 0 Å². The largest absolute Gasteiger partial charge is 0.317 e. The van der Waals surface area contributed by atoms with Crippen molar-refractivity contribution < 1.29 is 0 Å². The Balaban J connectivity index is 2.87. The highest BCUT2D eigenvalue weighted by molar-refractivity contribution is 4.92. The molecule has 1 rings (SSSR count). The van der Waals surface area contributed by atoms with Crippen LogP contribution in [-0.2, 0) is 0 Å². The molecule has 6 atom stereocenters. The van der Waals surface area contributed by atoms with Crippen molar-refractivity contribution in [3.8, 4) is 0 Å². The first-order valence-electron chi connectivity index (χ1n) is 8.73. The number of hydrogen-bond acceptors (Lipinski definition) is 1. The lowest BCUT2D eigenvalue weighted by molar-refractivity contribution is 0.0227. The van der Waals surface area contributed by atoms with Gasteiger partial charge in [0, 0.05) is 6.04 Å². The van der Waals surface area contributed by atoms with Crippen LogP contribution in [0.1, 0.15) is 73.1 Å². The van der Waals surface area contributed by atoms with Crippen molar-refractivity contribution in [3.63, 3.8) is 0 Å². The van der Waals surface area contributed by atoms with E-state index in [-0.39, 0.29) is 0 Å². The van der Waals surface area contributed by atoms with Crippen LogP contribution in [0.3, 0.4) is 0 Å². The Labute approximate surface area is 121 Å². The van der Waals surface area contributed by atoms with Crippen molar-refractivity contribution in [2.45, 2.75) is 79.2 Å². The monoisotopic (exact) mass is 267 g/mol. The first-order chi connectivity index (χ1) is 9.06. The summed E-state index contributed by atoms with van der Waals surface area (Å²) in [5.41, 5.74) is 0. The van der Waals surface area contributed by atoms with E-state index in [0.717, 1.165) is 29.6 Å². The van der Waals surface area contributed by atoms with Crippen LogP contribution in [0.25, 0.3) is 0 Å². The van der Waals surface area contributed by atoms with Crippen LogP contribution >= 0.6 is 0 Å². The van der Waals surface area contributed by atoms with Gasteiger partial charge < -0.3 is 5.32 Å². The minimum absolute atomic E-state index is 0.666. The van der Waals surface area contributed by atoms with Gasteiger partial charge in [0.1, 0.15) is 0 Å². The van der Waals surface area contributed by atoms with Crippen molar-refractivity contribution in [3.05, 3.63) is 0 Å². The second-order valence-corrected chi connectivity index (χ2v) is 7.08. The van der Waals surface area contributed by atoms with Gasteiger partial charge in [-0.3, -0.25) is 0 Å². The molecule has 0 aromatic heterocycles. The van der Waals surface area contributed by atoms with E-state index >= 15 is 0 Å². The molecule has 1 aliphatic carbocycles. The maximum atomic E-state index is 3.55. The van der Waals surface area contributed by atoms with Crippen LogP contribution < -0.4 is 5.32 Å². The molecular weight excluding hydrogens is 230 g/mol. The van der Waals surface area contributed by atoms with E-state index in [2.05, 4.69) is 47.0 Å². The highest BCUT2D eigenvalue weighted by Gasteiger charge is 2.41. The molecule has 1 saturated carbocycles. The summed E-state index contributed by atoms with van der Waals surface area (Å²) in [6, 6.07) is 0.666. The molecule has 0 spiro atoms. The highest BCUT2D eigenvalue weighted by atomic mass is 14.9. The minimum Gasteiger partial charge on any atom is -0.317 e. The molecule has 1 N–H and O–H groups in total. The Morgan fingerprint density at radius 2 is 1.79 bits per heavy atom. The van der Waals surface area contributed by atoms with Gasteiger partial charge in [-0.25, -0.2) is 0 Å². The van der Waals surface area contributed by atoms with Crippen LogP contribution in [0.4, 0.5) is 0 Å². The van der Waals surface area contributed by atoms with Crippen molar-refractivity contribution in [2.24, 2.45) is 29.6 Å². The SMILES string of the molecule is CCCCC1C(CCC)CC(C)C(C)C1C(C)NC. The molecule has 0 amide bonds. The second-order valence-electron chi connectivity index (χ2n) is 7.08. The Morgan fingerprint density at radius 1 is 1.11 bits per heavy atom. The van der Waals surface area contributed by atoms with E-state index < -0.39 is 0 Å². The third-order valence-electron chi connectivity index (χ3n) is 5.86. The average Bonchev–Trinajstić information content (AvgIpc) is 2.40. The third kappa shape index (κ3) is 4.21. The van der Waals surface area contributed by atoms with Crippen LogP contribution in [0.15, 0.2) is 0 Å². The molecule has 0 aliphatic heterocycles.